The Hall–Kier alpha value is -2.86. The number of benzene rings is 2. The van der Waals surface area contributed by atoms with Crippen LogP contribution < -0.4 is 5.56 Å². The Balaban J connectivity index is 2.18. The van der Waals surface area contributed by atoms with E-state index >= 15 is 0 Å². The van der Waals surface area contributed by atoms with Crippen LogP contribution in [0.5, 0.6) is 0 Å². The minimum Gasteiger partial charge on any atom is -0.307 e. The summed E-state index contributed by atoms with van der Waals surface area (Å²) in [5, 5.41) is 11.5. The molecule has 0 radical (unpaired) electrons. The molecule has 3 aromatic rings. The van der Waals surface area contributed by atoms with Crippen LogP contribution in [0.1, 0.15) is 22.4 Å². The molecular weight excluding hydrogens is 272 g/mol. The first-order valence-corrected chi connectivity index (χ1v) is 7.19. The Morgan fingerprint density at radius 1 is 1.09 bits per heavy atom. The molecule has 0 saturated heterocycles. The maximum Gasteiger partial charge on any atom is 0.269 e. The molecule has 0 saturated carbocycles. The fraction of sp³-hybridized carbons (Fsp3) is 0.158. The maximum absolute atomic E-state index is 12.5. The van der Waals surface area contributed by atoms with Gasteiger partial charge >= 0.3 is 0 Å². The lowest BCUT2D eigenvalue weighted by Crippen LogP contribution is -2.26. The van der Waals surface area contributed by atoms with Crippen molar-refractivity contribution in [1.82, 2.24) is 4.57 Å². The standard InChI is InChI=1S/C19H16N2O/c1-13-10-14(2)21(19(22)18(13)11-20)12-16-8-5-7-15-6-3-4-9-17(15)16/h3-10H,12H2,1-2H3. The van der Waals surface area contributed by atoms with Crippen LogP contribution in [-0.4, -0.2) is 4.57 Å². The second kappa shape index (κ2) is 5.50. The highest BCUT2D eigenvalue weighted by atomic mass is 16.1. The van der Waals surface area contributed by atoms with E-state index < -0.39 is 0 Å². The van der Waals surface area contributed by atoms with Crippen LogP contribution in [0, 0.1) is 25.2 Å². The molecule has 0 aliphatic carbocycles. The van der Waals surface area contributed by atoms with Gasteiger partial charge in [-0.3, -0.25) is 4.79 Å². The number of hydrogen-bond acceptors (Lipinski definition) is 2. The molecule has 108 valence electrons. The van der Waals surface area contributed by atoms with Crippen molar-refractivity contribution < 1.29 is 0 Å². The van der Waals surface area contributed by atoms with Crippen LogP contribution in [0.15, 0.2) is 53.3 Å². The van der Waals surface area contributed by atoms with Crippen molar-refractivity contribution in [3.05, 3.63) is 81.3 Å². The van der Waals surface area contributed by atoms with Crippen molar-refractivity contribution in [2.75, 3.05) is 0 Å². The van der Waals surface area contributed by atoms with E-state index in [0.29, 0.717) is 6.54 Å². The first-order valence-electron chi connectivity index (χ1n) is 7.19. The van der Waals surface area contributed by atoms with Crippen molar-refractivity contribution in [1.29, 1.82) is 5.26 Å². The van der Waals surface area contributed by atoms with Crippen LogP contribution in [-0.2, 0) is 6.54 Å². The Kier molecular flexibility index (Phi) is 3.52. The van der Waals surface area contributed by atoms with Crippen molar-refractivity contribution in [2.45, 2.75) is 20.4 Å². The molecule has 3 rings (SSSR count). The predicted octanol–water partition coefficient (Wildman–Crippen LogP) is 3.54. The molecule has 0 N–H and O–H groups in total. The van der Waals surface area contributed by atoms with Crippen molar-refractivity contribution >= 4 is 10.8 Å². The third-order valence-electron chi connectivity index (χ3n) is 4.02. The smallest absolute Gasteiger partial charge is 0.269 e. The number of fused-ring (bicyclic) bond motifs is 1. The van der Waals surface area contributed by atoms with E-state index in [0.717, 1.165) is 27.6 Å². The molecule has 3 nitrogen and oxygen atoms in total. The zero-order valence-electron chi connectivity index (χ0n) is 12.6. The number of rotatable bonds is 2. The van der Waals surface area contributed by atoms with Crippen LogP contribution in [0.4, 0.5) is 0 Å². The third-order valence-corrected chi connectivity index (χ3v) is 4.02. The lowest BCUT2D eigenvalue weighted by molar-refractivity contribution is 0.728. The maximum atomic E-state index is 12.5. The highest BCUT2D eigenvalue weighted by molar-refractivity contribution is 5.85. The highest BCUT2D eigenvalue weighted by Gasteiger charge is 2.11. The van der Waals surface area contributed by atoms with E-state index in [1.54, 1.807) is 11.5 Å². The number of aryl methyl sites for hydroxylation is 2. The minimum atomic E-state index is -0.215. The summed E-state index contributed by atoms with van der Waals surface area (Å²) < 4.78 is 1.67. The fourth-order valence-corrected chi connectivity index (χ4v) is 2.86. The van der Waals surface area contributed by atoms with Gasteiger partial charge in [-0.05, 0) is 41.8 Å². The average Bonchev–Trinajstić information content (AvgIpc) is 2.52. The van der Waals surface area contributed by atoms with Crippen molar-refractivity contribution in [3.8, 4) is 6.07 Å². The molecule has 1 heterocycles. The molecule has 2 aromatic carbocycles. The van der Waals surface area contributed by atoms with E-state index in [9.17, 15) is 10.1 Å². The summed E-state index contributed by atoms with van der Waals surface area (Å²) >= 11 is 0. The van der Waals surface area contributed by atoms with Gasteiger partial charge in [-0.15, -0.1) is 0 Å². The second-order valence-corrected chi connectivity index (χ2v) is 5.49. The highest BCUT2D eigenvalue weighted by Crippen LogP contribution is 2.19. The molecule has 0 atom stereocenters. The van der Waals surface area contributed by atoms with Crippen LogP contribution in [0.2, 0.25) is 0 Å². The van der Waals surface area contributed by atoms with E-state index in [4.69, 9.17) is 0 Å². The molecule has 0 unspecified atom stereocenters. The van der Waals surface area contributed by atoms with E-state index in [1.807, 2.05) is 43.3 Å². The molecule has 0 spiro atoms. The molecule has 0 aliphatic rings. The van der Waals surface area contributed by atoms with E-state index in [-0.39, 0.29) is 11.1 Å². The average molecular weight is 288 g/mol. The van der Waals surface area contributed by atoms with Gasteiger partial charge in [-0.25, -0.2) is 0 Å². The molecule has 0 fully saturated rings. The van der Waals surface area contributed by atoms with Gasteiger partial charge < -0.3 is 4.57 Å². The van der Waals surface area contributed by atoms with Crippen molar-refractivity contribution in [2.24, 2.45) is 0 Å². The SMILES string of the molecule is Cc1cc(C)n(Cc2cccc3ccccc23)c(=O)c1C#N. The zero-order valence-corrected chi connectivity index (χ0v) is 12.6. The summed E-state index contributed by atoms with van der Waals surface area (Å²) in [6, 6.07) is 18.1. The number of nitriles is 1. The van der Waals surface area contributed by atoms with E-state index in [1.165, 1.54) is 0 Å². The van der Waals surface area contributed by atoms with E-state index in [2.05, 4.69) is 18.2 Å². The predicted molar refractivity (Wildman–Crippen MR) is 87.9 cm³/mol. The minimum absolute atomic E-state index is 0.215. The lowest BCUT2D eigenvalue weighted by atomic mass is 10.0. The molecule has 0 amide bonds. The van der Waals surface area contributed by atoms with Crippen LogP contribution in [0.25, 0.3) is 10.8 Å². The van der Waals surface area contributed by atoms with Gasteiger partial charge in [0.25, 0.3) is 5.56 Å². The van der Waals surface area contributed by atoms with Crippen LogP contribution >= 0.6 is 0 Å². The fourth-order valence-electron chi connectivity index (χ4n) is 2.86. The first kappa shape index (κ1) is 14.1. The summed E-state index contributed by atoms with van der Waals surface area (Å²) in [5.41, 5.74) is 2.70. The topological polar surface area (TPSA) is 45.8 Å². The van der Waals surface area contributed by atoms with Gasteiger partial charge in [-0.2, -0.15) is 5.26 Å². The molecule has 1 aromatic heterocycles. The second-order valence-electron chi connectivity index (χ2n) is 5.49. The summed E-state index contributed by atoms with van der Waals surface area (Å²) in [5.74, 6) is 0. The van der Waals surface area contributed by atoms with Crippen LogP contribution in [0.3, 0.4) is 0 Å². The normalized spacial score (nSPS) is 10.6. The number of aromatic nitrogens is 1. The Bertz CT molecular complexity index is 956. The monoisotopic (exact) mass is 288 g/mol. The van der Waals surface area contributed by atoms with Gasteiger partial charge in [0.05, 0.1) is 6.54 Å². The third kappa shape index (κ3) is 2.29. The number of pyridine rings is 1. The summed E-state index contributed by atoms with van der Waals surface area (Å²) in [7, 11) is 0. The molecule has 0 aliphatic heterocycles. The van der Waals surface area contributed by atoms with Gasteiger partial charge in [-0.1, -0.05) is 42.5 Å². The zero-order chi connectivity index (χ0) is 15.7. The molecule has 22 heavy (non-hydrogen) atoms. The van der Waals surface area contributed by atoms with Gasteiger partial charge in [0.15, 0.2) is 0 Å². The lowest BCUT2D eigenvalue weighted by Gasteiger charge is -2.13. The largest absolute Gasteiger partial charge is 0.307 e. The Morgan fingerprint density at radius 2 is 1.82 bits per heavy atom. The molecule has 0 bridgehead atoms. The summed E-state index contributed by atoms with van der Waals surface area (Å²) in [4.78, 5) is 12.5. The summed E-state index contributed by atoms with van der Waals surface area (Å²) in [6.07, 6.45) is 0. The molecular formula is C19H16N2O. The van der Waals surface area contributed by atoms with Crippen molar-refractivity contribution in [3.63, 3.8) is 0 Å². The summed E-state index contributed by atoms with van der Waals surface area (Å²) in [6.45, 7) is 4.18. The number of nitrogens with zero attached hydrogens (tertiary/aromatic N) is 2. The first-order chi connectivity index (χ1) is 10.6. The molecule has 3 heteroatoms. The number of hydrogen-bond donors (Lipinski definition) is 0. The quantitative estimate of drug-likeness (QED) is 0.724. The Morgan fingerprint density at radius 3 is 2.59 bits per heavy atom. The van der Waals surface area contributed by atoms with Gasteiger partial charge in [0.1, 0.15) is 11.6 Å². The Labute approximate surface area is 129 Å². The van der Waals surface area contributed by atoms with Gasteiger partial charge in [0, 0.05) is 5.69 Å². The van der Waals surface area contributed by atoms with Gasteiger partial charge in [0.2, 0.25) is 0 Å².